The van der Waals surface area contributed by atoms with Gasteiger partial charge in [-0.3, -0.25) is 0 Å². The molecule has 0 aliphatic carbocycles. The van der Waals surface area contributed by atoms with Crippen molar-refractivity contribution in [2.24, 2.45) is 5.92 Å². The minimum Gasteiger partial charge on any atom is -0.373 e. The second kappa shape index (κ2) is 3.29. The summed E-state index contributed by atoms with van der Waals surface area (Å²) < 4.78 is 0. The van der Waals surface area contributed by atoms with Crippen molar-refractivity contribution in [3.8, 4) is 0 Å². The molecular weight excluding hydrogens is 134 g/mol. The number of likely N-dealkylation sites (tertiary alicyclic amines) is 1. The minimum atomic E-state index is 0.634. The smallest absolute Gasteiger partial charge is 0.0230 e. The number of allylic oxidation sites excluding steroid dienone is 1. The van der Waals surface area contributed by atoms with Crippen molar-refractivity contribution < 1.29 is 0 Å². The molecular formula is C10H19N. The lowest BCUT2D eigenvalue weighted by Crippen LogP contribution is -2.35. The van der Waals surface area contributed by atoms with Gasteiger partial charge in [0.05, 0.1) is 0 Å². The normalized spacial score (nSPS) is 26.4. The van der Waals surface area contributed by atoms with Crippen molar-refractivity contribution in [1.82, 2.24) is 4.90 Å². The number of hydrogen-bond donors (Lipinski definition) is 0. The fourth-order valence-electron chi connectivity index (χ4n) is 1.76. The van der Waals surface area contributed by atoms with Crippen LogP contribution in [0.4, 0.5) is 0 Å². The number of rotatable bonds is 1. The van der Waals surface area contributed by atoms with E-state index in [-0.39, 0.29) is 0 Å². The second-order valence-electron chi connectivity index (χ2n) is 3.95. The molecule has 0 saturated carbocycles. The molecule has 1 heteroatoms. The fraction of sp³-hybridized carbons (Fsp3) is 0.800. The molecule has 0 aromatic heterocycles. The summed E-state index contributed by atoms with van der Waals surface area (Å²) in [7, 11) is 0. The zero-order valence-electron chi connectivity index (χ0n) is 7.93. The van der Waals surface area contributed by atoms with Crippen LogP contribution in [0, 0.1) is 5.92 Å². The van der Waals surface area contributed by atoms with E-state index in [9.17, 15) is 0 Å². The number of piperidine rings is 1. The molecule has 0 unspecified atom stereocenters. The molecule has 0 aromatic rings. The van der Waals surface area contributed by atoms with Gasteiger partial charge in [0.2, 0.25) is 0 Å². The first-order chi connectivity index (χ1) is 5.11. The molecule has 0 N–H and O–H groups in total. The molecule has 1 atom stereocenters. The Morgan fingerprint density at radius 1 is 1.55 bits per heavy atom. The third-order valence-electron chi connectivity index (χ3n) is 2.48. The lowest BCUT2D eigenvalue weighted by atomic mass is 9.96. The summed E-state index contributed by atoms with van der Waals surface area (Å²) in [5.74, 6) is 0.845. The molecule has 0 aromatic carbocycles. The van der Waals surface area contributed by atoms with Crippen LogP contribution in [0.2, 0.25) is 0 Å². The molecule has 0 amide bonds. The number of hydrogen-bond acceptors (Lipinski definition) is 1. The van der Waals surface area contributed by atoms with Crippen molar-refractivity contribution in [2.75, 3.05) is 6.54 Å². The maximum absolute atomic E-state index is 4.09. The summed E-state index contributed by atoms with van der Waals surface area (Å²) >= 11 is 0. The van der Waals surface area contributed by atoms with Crippen molar-refractivity contribution in [2.45, 2.75) is 39.7 Å². The van der Waals surface area contributed by atoms with E-state index in [4.69, 9.17) is 0 Å². The Labute approximate surface area is 70.1 Å². The molecule has 1 rings (SSSR count). The molecule has 1 saturated heterocycles. The van der Waals surface area contributed by atoms with Gasteiger partial charge in [-0.2, -0.15) is 0 Å². The monoisotopic (exact) mass is 153 g/mol. The highest BCUT2D eigenvalue weighted by molar-refractivity contribution is 5.00. The summed E-state index contributed by atoms with van der Waals surface area (Å²) in [4.78, 5) is 2.42. The average molecular weight is 153 g/mol. The highest BCUT2D eigenvalue weighted by Crippen LogP contribution is 2.25. The van der Waals surface area contributed by atoms with Crippen molar-refractivity contribution >= 4 is 0 Å². The Hall–Kier alpha value is -0.460. The molecule has 1 aliphatic rings. The van der Waals surface area contributed by atoms with Gasteiger partial charge < -0.3 is 4.90 Å². The van der Waals surface area contributed by atoms with Crippen LogP contribution in [-0.2, 0) is 0 Å². The standard InChI is InChI=1S/C10H19N/c1-8(2)11-6-5-9(3)7-10(11)4/h8-9H,4-7H2,1-3H3/t9-/m0/s1. The Bertz CT molecular complexity index is 149. The molecule has 1 aliphatic heterocycles. The van der Waals surface area contributed by atoms with E-state index in [0.717, 1.165) is 5.92 Å². The molecule has 1 nitrogen and oxygen atoms in total. The van der Waals surface area contributed by atoms with E-state index >= 15 is 0 Å². The van der Waals surface area contributed by atoms with E-state index in [1.165, 1.54) is 25.1 Å². The van der Waals surface area contributed by atoms with Gasteiger partial charge in [-0.1, -0.05) is 13.5 Å². The summed E-state index contributed by atoms with van der Waals surface area (Å²) in [5, 5.41) is 0. The fourth-order valence-corrected chi connectivity index (χ4v) is 1.76. The summed E-state index contributed by atoms with van der Waals surface area (Å²) in [6.07, 6.45) is 2.52. The van der Waals surface area contributed by atoms with Crippen LogP contribution in [0.3, 0.4) is 0 Å². The highest BCUT2D eigenvalue weighted by Gasteiger charge is 2.19. The third-order valence-corrected chi connectivity index (χ3v) is 2.48. The van der Waals surface area contributed by atoms with Gasteiger partial charge in [0.15, 0.2) is 0 Å². The van der Waals surface area contributed by atoms with E-state index < -0.39 is 0 Å². The van der Waals surface area contributed by atoms with E-state index in [1.807, 2.05) is 0 Å². The first-order valence-corrected chi connectivity index (χ1v) is 4.55. The van der Waals surface area contributed by atoms with Gasteiger partial charge in [0.25, 0.3) is 0 Å². The van der Waals surface area contributed by atoms with E-state index in [2.05, 4.69) is 32.3 Å². The summed E-state index contributed by atoms with van der Waals surface area (Å²) in [6.45, 7) is 12.1. The topological polar surface area (TPSA) is 3.24 Å². The number of nitrogens with zero attached hydrogens (tertiary/aromatic N) is 1. The third kappa shape index (κ3) is 1.98. The van der Waals surface area contributed by atoms with Gasteiger partial charge in [-0.15, -0.1) is 0 Å². The summed E-state index contributed by atoms with van der Waals surface area (Å²) in [5.41, 5.74) is 1.33. The molecule has 0 bridgehead atoms. The predicted molar refractivity (Wildman–Crippen MR) is 49.4 cm³/mol. The maximum Gasteiger partial charge on any atom is 0.0230 e. The molecule has 1 fully saturated rings. The van der Waals surface area contributed by atoms with Gasteiger partial charge in [-0.25, -0.2) is 0 Å². The van der Waals surface area contributed by atoms with Crippen LogP contribution in [0.1, 0.15) is 33.6 Å². The molecule has 0 spiro atoms. The maximum atomic E-state index is 4.09. The highest BCUT2D eigenvalue weighted by atomic mass is 15.2. The van der Waals surface area contributed by atoms with Gasteiger partial charge in [-0.05, 0) is 32.6 Å². The molecule has 0 radical (unpaired) electrons. The largest absolute Gasteiger partial charge is 0.373 e. The zero-order chi connectivity index (χ0) is 8.43. The minimum absolute atomic E-state index is 0.634. The van der Waals surface area contributed by atoms with Crippen LogP contribution in [0.5, 0.6) is 0 Å². The Morgan fingerprint density at radius 3 is 2.64 bits per heavy atom. The first-order valence-electron chi connectivity index (χ1n) is 4.55. The summed E-state index contributed by atoms with van der Waals surface area (Å²) in [6, 6.07) is 0.634. The van der Waals surface area contributed by atoms with Crippen LogP contribution in [0.15, 0.2) is 12.3 Å². The van der Waals surface area contributed by atoms with Crippen molar-refractivity contribution in [1.29, 1.82) is 0 Å². The lowest BCUT2D eigenvalue weighted by Gasteiger charge is -2.37. The van der Waals surface area contributed by atoms with Crippen LogP contribution >= 0.6 is 0 Å². The Balaban J connectivity index is 2.51. The molecule has 64 valence electrons. The second-order valence-corrected chi connectivity index (χ2v) is 3.95. The van der Waals surface area contributed by atoms with Gasteiger partial charge in [0.1, 0.15) is 0 Å². The van der Waals surface area contributed by atoms with Crippen LogP contribution in [0.25, 0.3) is 0 Å². The average Bonchev–Trinajstić information content (AvgIpc) is 1.85. The van der Waals surface area contributed by atoms with Gasteiger partial charge in [0, 0.05) is 18.3 Å². The lowest BCUT2D eigenvalue weighted by molar-refractivity contribution is 0.211. The SMILES string of the molecule is C=C1C[C@@H](C)CCN1C(C)C. The van der Waals surface area contributed by atoms with Crippen molar-refractivity contribution in [3.05, 3.63) is 12.3 Å². The van der Waals surface area contributed by atoms with Gasteiger partial charge >= 0.3 is 0 Å². The molecule has 11 heavy (non-hydrogen) atoms. The van der Waals surface area contributed by atoms with E-state index in [1.54, 1.807) is 0 Å². The van der Waals surface area contributed by atoms with Crippen molar-refractivity contribution in [3.63, 3.8) is 0 Å². The van der Waals surface area contributed by atoms with Crippen LogP contribution in [-0.4, -0.2) is 17.5 Å². The zero-order valence-corrected chi connectivity index (χ0v) is 7.93. The Morgan fingerprint density at radius 2 is 2.18 bits per heavy atom. The van der Waals surface area contributed by atoms with E-state index in [0.29, 0.717) is 6.04 Å². The Kier molecular flexibility index (Phi) is 2.58. The first kappa shape index (κ1) is 8.63. The quantitative estimate of drug-likeness (QED) is 0.560. The predicted octanol–water partition coefficient (Wildman–Crippen LogP) is 2.64. The van der Waals surface area contributed by atoms with Crippen LogP contribution < -0.4 is 0 Å². The molecule has 1 heterocycles.